The number of phenols is 1. The number of amides is 1. The zero-order chi connectivity index (χ0) is 13.7. The molecule has 0 bridgehead atoms. The SMILES string of the molecule is CC(C)CCC(=O)Nc1ccc(O)cc1C(=O)O. The second kappa shape index (κ2) is 6.05. The van der Waals surface area contributed by atoms with Crippen LogP contribution in [-0.4, -0.2) is 22.1 Å². The number of aromatic carboxylic acids is 1. The maximum Gasteiger partial charge on any atom is 0.337 e. The zero-order valence-corrected chi connectivity index (χ0v) is 10.4. The lowest BCUT2D eigenvalue weighted by molar-refractivity contribution is -0.116. The Balaban J connectivity index is 2.78. The lowest BCUT2D eigenvalue weighted by Gasteiger charge is -2.09. The Morgan fingerprint density at radius 1 is 1.33 bits per heavy atom. The minimum absolute atomic E-state index is 0.118. The van der Waals surface area contributed by atoms with Crippen molar-refractivity contribution in [2.75, 3.05) is 5.32 Å². The number of carbonyl (C=O) groups is 2. The zero-order valence-electron chi connectivity index (χ0n) is 10.4. The molecule has 1 amide bonds. The van der Waals surface area contributed by atoms with Crippen LogP contribution in [0, 0.1) is 5.92 Å². The van der Waals surface area contributed by atoms with Crippen molar-refractivity contribution in [3.63, 3.8) is 0 Å². The van der Waals surface area contributed by atoms with Gasteiger partial charge in [-0.3, -0.25) is 4.79 Å². The summed E-state index contributed by atoms with van der Waals surface area (Å²) in [6.07, 6.45) is 1.09. The van der Waals surface area contributed by atoms with Crippen molar-refractivity contribution < 1.29 is 19.8 Å². The molecule has 0 saturated carbocycles. The molecular weight excluding hydrogens is 234 g/mol. The quantitative estimate of drug-likeness (QED) is 0.701. The summed E-state index contributed by atoms with van der Waals surface area (Å²) in [7, 11) is 0. The van der Waals surface area contributed by atoms with Gasteiger partial charge in [-0.05, 0) is 30.5 Å². The monoisotopic (exact) mass is 251 g/mol. The first-order chi connectivity index (χ1) is 8.40. The number of hydrogen-bond donors (Lipinski definition) is 3. The highest BCUT2D eigenvalue weighted by Crippen LogP contribution is 2.21. The highest BCUT2D eigenvalue weighted by molar-refractivity contribution is 6.00. The van der Waals surface area contributed by atoms with E-state index in [-0.39, 0.29) is 22.9 Å². The molecule has 5 nitrogen and oxygen atoms in total. The topological polar surface area (TPSA) is 86.6 Å². The minimum atomic E-state index is -1.19. The molecule has 98 valence electrons. The van der Waals surface area contributed by atoms with Crippen molar-refractivity contribution in [3.05, 3.63) is 23.8 Å². The predicted octanol–water partition coefficient (Wildman–Crippen LogP) is 2.47. The van der Waals surface area contributed by atoms with Gasteiger partial charge in [-0.15, -0.1) is 0 Å². The number of hydrogen-bond acceptors (Lipinski definition) is 3. The Hall–Kier alpha value is -2.04. The molecular formula is C13H17NO4. The molecule has 0 aromatic heterocycles. The second-order valence-electron chi connectivity index (χ2n) is 4.52. The van der Waals surface area contributed by atoms with E-state index in [4.69, 9.17) is 5.11 Å². The first kappa shape index (κ1) is 14.0. The van der Waals surface area contributed by atoms with E-state index < -0.39 is 5.97 Å². The molecule has 5 heteroatoms. The van der Waals surface area contributed by atoms with Crippen LogP contribution in [-0.2, 0) is 4.79 Å². The van der Waals surface area contributed by atoms with Crippen LogP contribution in [0.2, 0.25) is 0 Å². The van der Waals surface area contributed by atoms with Crippen LogP contribution in [0.3, 0.4) is 0 Å². The molecule has 0 aliphatic heterocycles. The fraction of sp³-hybridized carbons (Fsp3) is 0.385. The summed E-state index contributed by atoms with van der Waals surface area (Å²) in [5.41, 5.74) is 0.0851. The number of carboxylic acids is 1. The highest BCUT2D eigenvalue weighted by atomic mass is 16.4. The van der Waals surface area contributed by atoms with Gasteiger partial charge < -0.3 is 15.5 Å². The van der Waals surface area contributed by atoms with E-state index in [1.165, 1.54) is 12.1 Å². The van der Waals surface area contributed by atoms with Crippen LogP contribution in [0.4, 0.5) is 5.69 Å². The molecule has 0 unspecified atom stereocenters. The minimum Gasteiger partial charge on any atom is -0.508 e. The number of aromatic hydroxyl groups is 1. The first-order valence-electron chi connectivity index (χ1n) is 5.76. The first-order valence-corrected chi connectivity index (χ1v) is 5.76. The molecule has 0 fully saturated rings. The Morgan fingerprint density at radius 2 is 2.00 bits per heavy atom. The van der Waals surface area contributed by atoms with Crippen molar-refractivity contribution in [2.24, 2.45) is 5.92 Å². The van der Waals surface area contributed by atoms with Gasteiger partial charge in [0.15, 0.2) is 0 Å². The Morgan fingerprint density at radius 3 is 2.56 bits per heavy atom. The van der Waals surface area contributed by atoms with Crippen LogP contribution in [0.1, 0.15) is 37.0 Å². The van der Waals surface area contributed by atoms with Crippen LogP contribution >= 0.6 is 0 Å². The Bertz CT molecular complexity index is 454. The van der Waals surface area contributed by atoms with Crippen molar-refractivity contribution in [1.29, 1.82) is 0 Å². The molecule has 18 heavy (non-hydrogen) atoms. The molecule has 0 saturated heterocycles. The van der Waals surface area contributed by atoms with Gasteiger partial charge in [-0.2, -0.15) is 0 Å². The number of anilines is 1. The number of phenolic OH excluding ortho intramolecular Hbond substituents is 1. The van der Waals surface area contributed by atoms with Crippen LogP contribution in [0.15, 0.2) is 18.2 Å². The normalized spacial score (nSPS) is 10.4. The Kier molecular flexibility index (Phi) is 4.71. The van der Waals surface area contributed by atoms with Crippen LogP contribution < -0.4 is 5.32 Å². The van der Waals surface area contributed by atoms with E-state index in [0.717, 1.165) is 12.5 Å². The Labute approximate surface area is 105 Å². The summed E-state index contributed by atoms with van der Waals surface area (Å²) in [5.74, 6) is -1.15. The number of nitrogens with one attached hydrogen (secondary N) is 1. The van der Waals surface area contributed by atoms with E-state index in [0.29, 0.717) is 12.3 Å². The van der Waals surface area contributed by atoms with Gasteiger partial charge in [-0.1, -0.05) is 13.8 Å². The molecule has 0 spiro atoms. The third-order valence-electron chi connectivity index (χ3n) is 2.46. The number of carbonyl (C=O) groups excluding carboxylic acids is 1. The molecule has 3 N–H and O–H groups in total. The third-order valence-corrected chi connectivity index (χ3v) is 2.46. The van der Waals surface area contributed by atoms with Gasteiger partial charge in [0.05, 0.1) is 11.3 Å². The molecule has 0 aliphatic rings. The number of benzene rings is 1. The molecule has 0 aliphatic carbocycles. The number of carboxylic acid groups (broad SMARTS) is 1. The van der Waals surface area contributed by atoms with E-state index in [2.05, 4.69) is 5.32 Å². The molecule has 0 radical (unpaired) electrons. The lowest BCUT2D eigenvalue weighted by Crippen LogP contribution is -2.14. The average Bonchev–Trinajstić information content (AvgIpc) is 2.28. The third kappa shape index (κ3) is 4.08. The molecule has 0 heterocycles. The molecule has 1 aromatic carbocycles. The predicted molar refractivity (Wildman–Crippen MR) is 67.8 cm³/mol. The summed E-state index contributed by atoms with van der Waals surface area (Å²) >= 11 is 0. The van der Waals surface area contributed by atoms with Gasteiger partial charge in [-0.25, -0.2) is 4.79 Å². The van der Waals surface area contributed by atoms with E-state index in [1.807, 2.05) is 13.8 Å². The van der Waals surface area contributed by atoms with E-state index in [1.54, 1.807) is 0 Å². The largest absolute Gasteiger partial charge is 0.508 e. The summed E-state index contributed by atoms with van der Waals surface area (Å²) in [6, 6.07) is 3.83. The van der Waals surface area contributed by atoms with Gasteiger partial charge in [0.2, 0.25) is 5.91 Å². The summed E-state index contributed by atoms with van der Waals surface area (Å²) in [4.78, 5) is 22.6. The average molecular weight is 251 g/mol. The smallest absolute Gasteiger partial charge is 0.337 e. The highest BCUT2D eigenvalue weighted by Gasteiger charge is 2.13. The van der Waals surface area contributed by atoms with Crippen LogP contribution in [0.5, 0.6) is 5.75 Å². The fourth-order valence-electron chi connectivity index (χ4n) is 1.45. The summed E-state index contributed by atoms with van der Waals surface area (Å²) in [5, 5.41) is 20.7. The summed E-state index contributed by atoms with van der Waals surface area (Å²) < 4.78 is 0. The molecule has 1 rings (SSSR count). The molecule has 0 atom stereocenters. The van der Waals surface area contributed by atoms with Crippen molar-refractivity contribution in [2.45, 2.75) is 26.7 Å². The van der Waals surface area contributed by atoms with E-state index in [9.17, 15) is 14.7 Å². The standard InChI is InChI=1S/C13H17NO4/c1-8(2)3-6-12(16)14-11-5-4-9(15)7-10(11)13(17)18/h4-5,7-8,15H,3,6H2,1-2H3,(H,14,16)(H,17,18). The van der Waals surface area contributed by atoms with Gasteiger partial charge in [0, 0.05) is 6.42 Å². The van der Waals surface area contributed by atoms with Crippen molar-refractivity contribution in [3.8, 4) is 5.75 Å². The molecule has 1 aromatic rings. The van der Waals surface area contributed by atoms with Gasteiger partial charge >= 0.3 is 5.97 Å². The second-order valence-corrected chi connectivity index (χ2v) is 4.52. The number of rotatable bonds is 5. The maximum absolute atomic E-state index is 11.6. The van der Waals surface area contributed by atoms with E-state index >= 15 is 0 Å². The van der Waals surface area contributed by atoms with Crippen molar-refractivity contribution in [1.82, 2.24) is 0 Å². The lowest BCUT2D eigenvalue weighted by atomic mass is 10.1. The fourth-order valence-corrected chi connectivity index (χ4v) is 1.45. The van der Waals surface area contributed by atoms with Gasteiger partial charge in [0.25, 0.3) is 0 Å². The van der Waals surface area contributed by atoms with Crippen molar-refractivity contribution >= 4 is 17.6 Å². The maximum atomic E-state index is 11.6. The summed E-state index contributed by atoms with van der Waals surface area (Å²) in [6.45, 7) is 4.02. The van der Waals surface area contributed by atoms with Gasteiger partial charge in [0.1, 0.15) is 5.75 Å². The van der Waals surface area contributed by atoms with Crippen LogP contribution in [0.25, 0.3) is 0 Å².